The Hall–Kier alpha value is -3.73. The van der Waals surface area contributed by atoms with Crippen LogP contribution in [0.25, 0.3) is 22.4 Å². The molecule has 1 aromatic carbocycles. The molecule has 1 aliphatic rings. The number of nitrogens with zero attached hydrogens (tertiary/aromatic N) is 6. The van der Waals surface area contributed by atoms with Gasteiger partial charge in [0.25, 0.3) is 11.4 Å². The third-order valence-electron chi connectivity index (χ3n) is 6.43. The van der Waals surface area contributed by atoms with E-state index in [2.05, 4.69) is 27.1 Å². The largest absolute Gasteiger partial charge is 0.415 e. The zero-order valence-corrected chi connectivity index (χ0v) is 19.1. The molecule has 0 spiro atoms. The summed E-state index contributed by atoms with van der Waals surface area (Å²) in [5.41, 5.74) is 0.695. The molecule has 0 aliphatic carbocycles. The van der Waals surface area contributed by atoms with Crippen molar-refractivity contribution < 1.29 is 13.2 Å². The highest BCUT2D eigenvalue weighted by atomic mass is 19.3. The number of halogens is 2. The van der Waals surface area contributed by atoms with Crippen molar-refractivity contribution in [2.45, 2.75) is 32.4 Å². The van der Waals surface area contributed by atoms with Crippen molar-refractivity contribution in [1.82, 2.24) is 29.2 Å². The van der Waals surface area contributed by atoms with Gasteiger partial charge in [-0.05, 0) is 63.2 Å². The van der Waals surface area contributed by atoms with Gasteiger partial charge in [-0.25, -0.2) is 4.79 Å². The number of piperidine rings is 1. The smallest absolute Gasteiger partial charge is 0.331 e. The normalized spacial score (nSPS) is 15.3. The third-order valence-corrected chi connectivity index (χ3v) is 6.43. The predicted octanol–water partition coefficient (Wildman–Crippen LogP) is 2.94. The first kappa shape index (κ1) is 23.0. The number of benzene rings is 1. The zero-order valence-electron chi connectivity index (χ0n) is 19.1. The topological polar surface area (TPSA) is 99.1 Å². The van der Waals surface area contributed by atoms with Gasteiger partial charge in [0.05, 0.1) is 28.7 Å². The first-order valence-corrected chi connectivity index (χ1v) is 11.4. The molecule has 1 fully saturated rings. The third kappa shape index (κ3) is 4.63. The van der Waals surface area contributed by atoms with Gasteiger partial charge < -0.3 is 9.32 Å². The molecule has 182 valence electrons. The lowest BCUT2D eigenvalue weighted by Crippen LogP contribution is -2.42. The van der Waals surface area contributed by atoms with Gasteiger partial charge in [-0.2, -0.15) is 8.78 Å². The summed E-state index contributed by atoms with van der Waals surface area (Å²) in [6, 6.07) is 10.3. The van der Waals surface area contributed by atoms with Gasteiger partial charge in [0.1, 0.15) is 0 Å². The fraction of sp³-hybridized carbons (Fsp3) is 0.375. The van der Waals surface area contributed by atoms with Crippen LogP contribution in [0, 0.1) is 5.92 Å². The Balaban J connectivity index is 1.47. The first-order chi connectivity index (χ1) is 16.9. The molecule has 5 rings (SSSR count). The van der Waals surface area contributed by atoms with Gasteiger partial charge >= 0.3 is 12.1 Å². The van der Waals surface area contributed by atoms with Gasteiger partial charge in [0.15, 0.2) is 0 Å². The van der Waals surface area contributed by atoms with Crippen LogP contribution in [0.5, 0.6) is 0 Å². The second-order valence-corrected chi connectivity index (χ2v) is 8.83. The van der Waals surface area contributed by atoms with Crippen molar-refractivity contribution in [2.75, 3.05) is 20.1 Å². The molecule has 0 radical (unpaired) electrons. The summed E-state index contributed by atoms with van der Waals surface area (Å²) in [6.07, 6.45) is 0.506. The van der Waals surface area contributed by atoms with Crippen LogP contribution in [0.15, 0.2) is 56.6 Å². The van der Waals surface area contributed by atoms with E-state index >= 15 is 0 Å². The maximum Gasteiger partial charge on any atom is 0.331 e. The molecule has 1 saturated heterocycles. The number of hydrogen-bond donors (Lipinski definition) is 0. The average Bonchev–Trinajstić information content (AvgIpc) is 3.37. The zero-order chi connectivity index (χ0) is 24.5. The Kier molecular flexibility index (Phi) is 6.25. The lowest BCUT2D eigenvalue weighted by molar-refractivity contribution is 0.116. The molecule has 0 bridgehead atoms. The van der Waals surface area contributed by atoms with Crippen LogP contribution in [-0.4, -0.2) is 49.4 Å². The molecule has 0 saturated carbocycles. The van der Waals surface area contributed by atoms with E-state index < -0.39 is 12.3 Å². The summed E-state index contributed by atoms with van der Waals surface area (Å²) >= 11 is 0. The number of rotatable bonds is 6. The van der Waals surface area contributed by atoms with E-state index in [-0.39, 0.29) is 23.7 Å². The van der Waals surface area contributed by atoms with Crippen molar-refractivity contribution in [2.24, 2.45) is 5.92 Å². The minimum absolute atomic E-state index is 0.0255. The van der Waals surface area contributed by atoms with Gasteiger partial charge in [-0.3, -0.25) is 18.9 Å². The monoisotopic (exact) mass is 482 g/mol. The van der Waals surface area contributed by atoms with Gasteiger partial charge in [-0.15, -0.1) is 10.2 Å². The van der Waals surface area contributed by atoms with Crippen LogP contribution in [-0.2, 0) is 13.1 Å². The van der Waals surface area contributed by atoms with Crippen LogP contribution in [0.4, 0.5) is 8.78 Å². The van der Waals surface area contributed by atoms with Crippen molar-refractivity contribution in [1.29, 1.82) is 0 Å². The molecular formula is C24H24F2N6O3. The molecule has 35 heavy (non-hydrogen) atoms. The van der Waals surface area contributed by atoms with Crippen molar-refractivity contribution in [3.8, 4) is 11.5 Å². The Bertz CT molecular complexity index is 1450. The molecule has 3 aromatic heterocycles. The van der Waals surface area contributed by atoms with Crippen molar-refractivity contribution in [3.05, 3.63) is 75.0 Å². The predicted molar refractivity (Wildman–Crippen MR) is 124 cm³/mol. The Morgan fingerprint density at radius 1 is 1.06 bits per heavy atom. The van der Waals surface area contributed by atoms with E-state index in [0.29, 0.717) is 34.6 Å². The van der Waals surface area contributed by atoms with Crippen molar-refractivity contribution >= 4 is 10.9 Å². The number of hydrogen-bond acceptors (Lipinski definition) is 7. The number of likely N-dealkylation sites (tertiary alicyclic amines) is 1. The Morgan fingerprint density at radius 2 is 1.83 bits per heavy atom. The highest BCUT2D eigenvalue weighted by Gasteiger charge is 2.21. The number of alkyl halides is 2. The van der Waals surface area contributed by atoms with Crippen LogP contribution < -0.4 is 11.2 Å². The van der Waals surface area contributed by atoms with Gasteiger partial charge in [-0.1, -0.05) is 12.1 Å². The van der Waals surface area contributed by atoms with Crippen LogP contribution >= 0.6 is 0 Å². The quantitative estimate of drug-likeness (QED) is 0.417. The van der Waals surface area contributed by atoms with E-state index in [9.17, 15) is 18.4 Å². The van der Waals surface area contributed by atoms with Gasteiger partial charge in [0.2, 0.25) is 5.89 Å². The maximum atomic E-state index is 13.5. The van der Waals surface area contributed by atoms with E-state index in [4.69, 9.17) is 4.42 Å². The summed E-state index contributed by atoms with van der Waals surface area (Å²) in [5, 5.41) is 7.39. The summed E-state index contributed by atoms with van der Waals surface area (Å²) < 4.78 is 33.3. The fourth-order valence-electron chi connectivity index (χ4n) is 4.44. The molecule has 9 nitrogen and oxygen atoms in total. The number of fused-ring (bicyclic) bond motifs is 1. The number of pyridine rings is 1. The van der Waals surface area contributed by atoms with E-state index in [0.717, 1.165) is 25.9 Å². The van der Waals surface area contributed by atoms with E-state index in [1.807, 2.05) is 12.1 Å². The highest BCUT2D eigenvalue weighted by molar-refractivity contribution is 5.77. The molecular weight excluding hydrogens is 458 g/mol. The molecule has 1 aliphatic heterocycles. The summed E-state index contributed by atoms with van der Waals surface area (Å²) in [4.78, 5) is 33.3. The molecule has 4 heterocycles. The standard InChI is InChI=1S/C24H24F2N6O3/c1-30-10-8-15(9-11-30)13-31-19-5-3-2-4-18(19)23(33)32(24(31)34)14-17-7-6-16(12-27-17)21-28-29-22(35-21)20(25)26/h2-7,12,15,20H,8-11,13-14H2,1H3. The Morgan fingerprint density at radius 3 is 2.51 bits per heavy atom. The van der Waals surface area contributed by atoms with Crippen LogP contribution in [0.2, 0.25) is 0 Å². The average molecular weight is 482 g/mol. The maximum absolute atomic E-state index is 13.5. The molecule has 4 aromatic rings. The summed E-state index contributed by atoms with van der Waals surface area (Å²) in [7, 11) is 2.09. The first-order valence-electron chi connectivity index (χ1n) is 11.4. The van der Waals surface area contributed by atoms with Gasteiger partial charge in [0, 0.05) is 12.7 Å². The van der Waals surface area contributed by atoms with E-state index in [1.165, 1.54) is 10.8 Å². The van der Waals surface area contributed by atoms with Crippen molar-refractivity contribution in [3.63, 3.8) is 0 Å². The van der Waals surface area contributed by atoms with Crippen LogP contribution in [0.1, 0.15) is 30.9 Å². The second kappa shape index (κ2) is 9.49. The number of para-hydroxylation sites is 1. The van der Waals surface area contributed by atoms with E-state index in [1.54, 1.807) is 28.8 Å². The van der Waals surface area contributed by atoms with Crippen LogP contribution in [0.3, 0.4) is 0 Å². The summed E-state index contributed by atoms with van der Waals surface area (Å²) in [5.74, 6) is -0.497. The molecule has 11 heteroatoms. The SMILES string of the molecule is CN1CCC(Cn2c(=O)n(Cc3ccc(-c4nnc(C(F)F)o4)cn3)c(=O)c3ccccc32)CC1. The molecule has 0 atom stereocenters. The molecule has 0 unspecified atom stereocenters. The minimum atomic E-state index is -2.86. The molecule has 0 amide bonds. The summed E-state index contributed by atoms with van der Waals surface area (Å²) in [6.45, 7) is 2.48. The lowest BCUT2D eigenvalue weighted by atomic mass is 9.97. The second-order valence-electron chi connectivity index (χ2n) is 8.83. The Labute approximate surface area is 198 Å². The highest BCUT2D eigenvalue weighted by Crippen LogP contribution is 2.23. The fourth-order valence-corrected chi connectivity index (χ4v) is 4.44. The lowest BCUT2D eigenvalue weighted by Gasteiger charge is -2.29. The molecule has 0 N–H and O–H groups in total. The number of aromatic nitrogens is 5. The minimum Gasteiger partial charge on any atom is -0.415 e.